The van der Waals surface area contributed by atoms with Gasteiger partial charge in [-0.25, -0.2) is 15.3 Å². The summed E-state index contributed by atoms with van der Waals surface area (Å²) in [6.07, 6.45) is -4.54. The van der Waals surface area contributed by atoms with Crippen LogP contribution in [0.3, 0.4) is 0 Å². The lowest BCUT2D eigenvalue weighted by molar-refractivity contribution is -0.137. The van der Waals surface area contributed by atoms with Crippen molar-refractivity contribution in [2.45, 2.75) is 32.5 Å². The third-order valence-electron chi connectivity index (χ3n) is 3.77. The molecule has 150 valence electrons. The smallest absolute Gasteiger partial charge is 0.417 e. The van der Waals surface area contributed by atoms with Crippen LogP contribution in [0.1, 0.15) is 36.7 Å². The van der Waals surface area contributed by atoms with Crippen LogP contribution in [0.25, 0.3) is 0 Å². The molecule has 0 aliphatic carbocycles. The highest BCUT2D eigenvalue weighted by Crippen LogP contribution is 2.31. The van der Waals surface area contributed by atoms with E-state index in [1.165, 1.54) is 10.4 Å². The molecule has 11 heteroatoms. The Balaban J connectivity index is 2.17. The number of pyridine rings is 1. The minimum absolute atomic E-state index is 0.00149. The molecule has 2 rings (SSSR count). The van der Waals surface area contributed by atoms with Crippen LogP contribution in [0.4, 0.5) is 23.8 Å². The Morgan fingerprint density at radius 2 is 1.78 bits per heavy atom. The second-order valence-corrected chi connectivity index (χ2v) is 6.99. The lowest BCUT2D eigenvalue weighted by Gasteiger charge is -2.36. The van der Waals surface area contributed by atoms with Gasteiger partial charge in [0.15, 0.2) is 0 Å². The van der Waals surface area contributed by atoms with Crippen molar-refractivity contribution in [3.63, 3.8) is 0 Å². The molecule has 2 N–H and O–H groups in total. The number of hydrogen-bond donors (Lipinski definition) is 2. The standard InChI is InChI=1S/C16H21F3N4O4/c1-15(2,3)27-14(25)23-6-4-22(5-7-23)12-11(13(24)21-26)8-10(9-20-12)16(17,18)19/h8-9,26H,4-7H2,1-3H3,(H,21,24). The molecule has 0 unspecified atom stereocenters. The van der Waals surface area contributed by atoms with Gasteiger partial charge in [-0.2, -0.15) is 13.2 Å². The number of piperazine rings is 1. The van der Waals surface area contributed by atoms with Crippen molar-refractivity contribution in [2.75, 3.05) is 31.1 Å². The topological polar surface area (TPSA) is 95.0 Å². The van der Waals surface area contributed by atoms with Gasteiger partial charge in [-0.05, 0) is 26.8 Å². The van der Waals surface area contributed by atoms with Gasteiger partial charge in [0.05, 0.1) is 11.1 Å². The first kappa shape index (κ1) is 20.7. The van der Waals surface area contributed by atoms with Crippen LogP contribution in [-0.4, -0.2) is 58.9 Å². The fourth-order valence-electron chi connectivity index (χ4n) is 2.52. The number of hydrogen-bond acceptors (Lipinski definition) is 6. The lowest BCUT2D eigenvalue weighted by atomic mass is 10.1. The summed E-state index contributed by atoms with van der Waals surface area (Å²) in [5, 5.41) is 8.83. The van der Waals surface area contributed by atoms with Gasteiger partial charge in [0, 0.05) is 32.4 Å². The Morgan fingerprint density at radius 3 is 2.26 bits per heavy atom. The minimum atomic E-state index is -4.68. The van der Waals surface area contributed by atoms with E-state index in [1.54, 1.807) is 25.7 Å². The summed E-state index contributed by atoms with van der Waals surface area (Å²) in [5.74, 6) is -1.10. The van der Waals surface area contributed by atoms with Gasteiger partial charge in [0.1, 0.15) is 11.4 Å². The SMILES string of the molecule is CC(C)(C)OC(=O)N1CCN(c2ncc(C(F)(F)F)cc2C(=O)NO)CC1. The maximum absolute atomic E-state index is 12.9. The molecule has 27 heavy (non-hydrogen) atoms. The molecule has 2 heterocycles. The zero-order valence-electron chi connectivity index (χ0n) is 15.1. The van der Waals surface area contributed by atoms with Crippen LogP contribution in [0.15, 0.2) is 12.3 Å². The predicted octanol–water partition coefficient (Wildman–Crippen LogP) is 2.28. The monoisotopic (exact) mass is 390 g/mol. The van der Waals surface area contributed by atoms with Gasteiger partial charge in [0.25, 0.3) is 5.91 Å². The molecule has 1 aliphatic rings. The van der Waals surface area contributed by atoms with E-state index in [2.05, 4.69) is 4.98 Å². The molecule has 0 aromatic carbocycles. The van der Waals surface area contributed by atoms with Crippen LogP contribution in [0.2, 0.25) is 0 Å². The molecule has 1 saturated heterocycles. The number of hydroxylamine groups is 1. The third-order valence-corrected chi connectivity index (χ3v) is 3.77. The fraction of sp³-hybridized carbons (Fsp3) is 0.562. The normalized spacial score (nSPS) is 15.5. The van der Waals surface area contributed by atoms with Crippen LogP contribution in [0, 0.1) is 0 Å². The molecule has 8 nitrogen and oxygen atoms in total. The van der Waals surface area contributed by atoms with E-state index in [0.29, 0.717) is 12.3 Å². The number of carbonyl (C=O) groups is 2. The highest BCUT2D eigenvalue weighted by atomic mass is 19.4. The van der Waals surface area contributed by atoms with Crippen LogP contribution >= 0.6 is 0 Å². The second kappa shape index (κ2) is 7.59. The number of carbonyl (C=O) groups excluding carboxylic acids is 2. The summed E-state index contributed by atoms with van der Waals surface area (Å²) >= 11 is 0. The maximum atomic E-state index is 12.9. The fourth-order valence-corrected chi connectivity index (χ4v) is 2.52. The van der Waals surface area contributed by atoms with E-state index in [4.69, 9.17) is 9.94 Å². The summed E-state index contributed by atoms with van der Waals surface area (Å²) in [6, 6.07) is 0.633. The largest absolute Gasteiger partial charge is 0.444 e. The highest BCUT2D eigenvalue weighted by molar-refractivity contribution is 5.98. The Morgan fingerprint density at radius 1 is 1.19 bits per heavy atom. The number of amides is 2. The number of anilines is 1. The van der Waals surface area contributed by atoms with Crippen molar-refractivity contribution in [1.29, 1.82) is 0 Å². The Hall–Kier alpha value is -2.56. The molecule has 0 radical (unpaired) electrons. The summed E-state index contributed by atoms with van der Waals surface area (Å²) in [4.78, 5) is 30.7. The molecule has 1 fully saturated rings. The number of aromatic nitrogens is 1. The van der Waals surface area contributed by atoms with E-state index in [1.807, 2.05) is 0 Å². The van der Waals surface area contributed by atoms with Crippen LogP contribution in [0.5, 0.6) is 0 Å². The quantitative estimate of drug-likeness (QED) is 0.594. The van der Waals surface area contributed by atoms with E-state index in [0.717, 1.165) is 0 Å². The number of alkyl halides is 3. The number of ether oxygens (including phenoxy) is 1. The van der Waals surface area contributed by atoms with Crippen molar-refractivity contribution < 1.29 is 32.7 Å². The third kappa shape index (κ3) is 5.22. The van der Waals surface area contributed by atoms with Crippen molar-refractivity contribution >= 4 is 17.8 Å². The van der Waals surface area contributed by atoms with Gasteiger partial charge in [0.2, 0.25) is 0 Å². The molecule has 0 spiro atoms. The highest BCUT2D eigenvalue weighted by Gasteiger charge is 2.34. The van der Waals surface area contributed by atoms with Crippen molar-refractivity contribution in [1.82, 2.24) is 15.4 Å². The minimum Gasteiger partial charge on any atom is -0.444 e. The first-order valence-corrected chi connectivity index (χ1v) is 8.17. The lowest BCUT2D eigenvalue weighted by Crippen LogP contribution is -2.50. The number of halogens is 3. The zero-order valence-corrected chi connectivity index (χ0v) is 15.1. The summed E-state index contributed by atoms with van der Waals surface area (Å²) in [7, 11) is 0. The molecule has 0 bridgehead atoms. The van der Waals surface area contributed by atoms with Gasteiger partial charge in [-0.15, -0.1) is 0 Å². The molecule has 1 aromatic rings. The van der Waals surface area contributed by atoms with Gasteiger partial charge in [-0.3, -0.25) is 10.0 Å². The average molecular weight is 390 g/mol. The molecular formula is C16H21F3N4O4. The first-order valence-electron chi connectivity index (χ1n) is 8.17. The number of nitrogens with zero attached hydrogens (tertiary/aromatic N) is 3. The second-order valence-electron chi connectivity index (χ2n) is 6.99. The first-order chi connectivity index (χ1) is 12.4. The van der Waals surface area contributed by atoms with Crippen molar-refractivity contribution in [2.24, 2.45) is 0 Å². The molecule has 2 amide bonds. The average Bonchev–Trinajstić information content (AvgIpc) is 2.58. The molecule has 1 aromatic heterocycles. The summed E-state index contributed by atoms with van der Waals surface area (Å²) < 4.78 is 43.9. The number of rotatable bonds is 2. The van der Waals surface area contributed by atoms with Gasteiger partial charge in [-0.1, -0.05) is 0 Å². The Labute approximate surface area is 153 Å². The van der Waals surface area contributed by atoms with E-state index < -0.39 is 34.9 Å². The van der Waals surface area contributed by atoms with E-state index >= 15 is 0 Å². The van der Waals surface area contributed by atoms with E-state index in [9.17, 15) is 22.8 Å². The molecule has 1 aliphatic heterocycles. The molecular weight excluding hydrogens is 369 g/mol. The summed E-state index contributed by atoms with van der Waals surface area (Å²) in [5.41, 5.74) is -0.813. The molecule has 0 saturated carbocycles. The zero-order chi connectivity index (χ0) is 20.4. The maximum Gasteiger partial charge on any atom is 0.417 e. The van der Waals surface area contributed by atoms with Crippen molar-refractivity contribution in [3.05, 3.63) is 23.4 Å². The number of nitrogens with one attached hydrogen (secondary N) is 1. The van der Waals surface area contributed by atoms with Crippen LogP contribution < -0.4 is 10.4 Å². The van der Waals surface area contributed by atoms with Crippen molar-refractivity contribution in [3.8, 4) is 0 Å². The van der Waals surface area contributed by atoms with Gasteiger partial charge >= 0.3 is 12.3 Å². The Bertz CT molecular complexity index is 711. The van der Waals surface area contributed by atoms with Gasteiger partial charge < -0.3 is 14.5 Å². The van der Waals surface area contributed by atoms with Crippen LogP contribution in [-0.2, 0) is 10.9 Å². The Kier molecular flexibility index (Phi) is 5.83. The molecule has 0 atom stereocenters. The predicted molar refractivity (Wildman–Crippen MR) is 88.5 cm³/mol. The summed E-state index contributed by atoms with van der Waals surface area (Å²) in [6.45, 7) is 6.20. The van der Waals surface area contributed by atoms with E-state index in [-0.39, 0.29) is 32.0 Å².